The molecule has 27 heteroatoms. The van der Waals surface area contributed by atoms with E-state index in [4.69, 9.17) is 14.2 Å². The molecule has 0 saturated carbocycles. The SMILES string of the molecule is CNc1cc(=O)n(Cc2ccc(OC)cc2)c(=O)n1-c1ccc(I)cc1F.COc1ccc(Cn2c(=O)c3c(O)cc(=O)n(C)c3n(-c3ccc(I)cc3F)c2=O)cc1.COc1ccc(Cn2c(=O)cc(N=CN(C)C)n(-c3ccc(I)cc3F)c2=O)cc1. The van der Waals surface area contributed by atoms with E-state index >= 15 is 0 Å². The number of pyridine rings is 1. The normalized spacial score (nSPS) is 11.0. The fourth-order valence-corrected chi connectivity index (χ4v) is 10.4. The zero-order valence-corrected chi connectivity index (χ0v) is 54.8. The average Bonchev–Trinajstić information content (AvgIpc) is 1.19. The molecule has 0 aliphatic heterocycles. The van der Waals surface area contributed by atoms with Crippen molar-refractivity contribution in [3.05, 3.63) is 263 Å². The minimum atomic E-state index is -0.848. The Morgan fingerprint density at radius 2 is 0.899 bits per heavy atom. The number of halogens is 6. The van der Waals surface area contributed by atoms with E-state index in [1.807, 2.05) is 67.8 Å². The van der Waals surface area contributed by atoms with Crippen LogP contribution in [0, 0.1) is 28.2 Å². The molecular formula is C62H54F3I3N10O11. The van der Waals surface area contributed by atoms with Crippen LogP contribution in [0.1, 0.15) is 16.7 Å². The van der Waals surface area contributed by atoms with E-state index in [0.717, 1.165) is 49.2 Å². The van der Waals surface area contributed by atoms with Gasteiger partial charge in [-0.3, -0.25) is 37.4 Å². The summed E-state index contributed by atoms with van der Waals surface area (Å²) in [6, 6.07) is 37.4. The van der Waals surface area contributed by atoms with Gasteiger partial charge >= 0.3 is 17.1 Å². The van der Waals surface area contributed by atoms with Gasteiger partial charge in [0.05, 0.1) is 64.4 Å². The van der Waals surface area contributed by atoms with Gasteiger partial charge in [0.2, 0.25) is 0 Å². The lowest BCUT2D eigenvalue weighted by Gasteiger charge is -2.17. The first-order chi connectivity index (χ1) is 42.5. The van der Waals surface area contributed by atoms with Crippen LogP contribution in [0.5, 0.6) is 23.0 Å². The Balaban J connectivity index is 0.000000173. The first-order valence-corrected chi connectivity index (χ1v) is 29.7. The lowest BCUT2D eigenvalue weighted by atomic mass is 10.2. The Labute approximate surface area is 544 Å². The summed E-state index contributed by atoms with van der Waals surface area (Å²) >= 11 is 5.91. The third-order valence-electron chi connectivity index (χ3n) is 13.5. The van der Waals surface area contributed by atoms with Gasteiger partial charge in [0, 0.05) is 57.1 Å². The van der Waals surface area contributed by atoms with Gasteiger partial charge < -0.3 is 29.5 Å². The van der Waals surface area contributed by atoms with Crippen molar-refractivity contribution < 1.29 is 32.5 Å². The number of benzene rings is 6. The first-order valence-electron chi connectivity index (χ1n) is 26.4. The average molecular weight is 1550 g/mol. The van der Waals surface area contributed by atoms with Crippen LogP contribution < -0.4 is 58.8 Å². The number of hydrogen-bond donors (Lipinski definition) is 2. The number of nitrogens with zero attached hydrogens (tertiary/aromatic N) is 9. The van der Waals surface area contributed by atoms with Crippen LogP contribution in [0.15, 0.2) is 184 Å². The molecule has 0 saturated heterocycles. The number of fused-ring (bicyclic) bond motifs is 1. The van der Waals surface area contributed by atoms with Crippen LogP contribution in [0.2, 0.25) is 0 Å². The Morgan fingerprint density at radius 1 is 0.517 bits per heavy atom. The maximum atomic E-state index is 14.9. The van der Waals surface area contributed by atoms with Gasteiger partial charge in [0.15, 0.2) is 0 Å². The predicted octanol–water partition coefficient (Wildman–Crippen LogP) is 8.22. The Kier molecular flexibility index (Phi) is 21.4. The minimum absolute atomic E-state index is 0.0230. The lowest BCUT2D eigenvalue weighted by Crippen LogP contribution is -2.42. The Bertz CT molecular complexity index is 4780. The second-order valence-electron chi connectivity index (χ2n) is 19.5. The van der Waals surface area contributed by atoms with Crippen LogP contribution in [0.25, 0.3) is 28.1 Å². The standard InChI is InChI=1S/C22H17FIN3O5.C21H20FIN4O3.C19H17FIN3O3/c1-25-18(29)10-17(28)19-20(25)27(16-8-5-13(24)9-15(16)23)22(31)26(21(19)30)11-12-3-6-14(32-2)7-4-12;1-25(2)13-24-19-11-20(28)26(12-14-4-7-16(30-3)8-5-14)21(29)27(19)18-9-6-15(23)10-17(18)22;1-22-17-10-18(25)23(11-12-3-6-14(27-2)7-4-12)19(26)24(17)16-8-5-13(21)9-15(16)20/h3-10,28H,11H2,1-2H3;4-11,13H,12H2,1-3H3;3-10,22H,11H2,1-2H3. The number of aliphatic imine (C=N–C) groups is 1. The first kappa shape index (κ1) is 66.0. The molecule has 0 radical (unpaired) electrons. The molecule has 0 spiro atoms. The van der Waals surface area contributed by atoms with Crippen molar-refractivity contribution in [2.24, 2.45) is 12.0 Å². The van der Waals surface area contributed by atoms with E-state index in [2.05, 4.69) is 10.3 Å². The number of nitrogens with one attached hydrogen (secondary N) is 1. The fourth-order valence-electron chi connectivity index (χ4n) is 9.00. The minimum Gasteiger partial charge on any atom is -0.507 e. The summed E-state index contributed by atoms with van der Waals surface area (Å²) in [7, 11) is 11.1. The molecule has 0 fully saturated rings. The van der Waals surface area contributed by atoms with E-state index in [9.17, 15) is 51.8 Å². The van der Waals surface area contributed by atoms with Crippen molar-refractivity contribution in [1.82, 2.24) is 36.9 Å². The highest BCUT2D eigenvalue weighted by atomic mass is 127. The second kappa shape index (κ2) is 28.9. The predicted molar refractivity (Wildman–Crippen MR) is 359 cm³/mol. The van der Waals surface area contributed by atoms with E-state index in [1.165, 1.54) is 69.0 Å². The summed E-state index contributed by atoms with van der Waals surface area (Å²) in [6.45, 7) is -0.0329. The number of aromatic hydroxyl groups is 1. The van der Waals surface area contributed by atoms with Gasteiger partial charge in [0.1, 0.15) is 63.1 Å². The molecule has 6 aromatic carbocycles. The number of aromatic nitrogens is 7. The molecule has 4 heterocycles. The Hall–Kier alpha value is -8.98. The molecule has 0 aliphatic carbocycles. The quantitative estimate of drug-likeness (QED) is 0.0561. The smallest absolute Gasteiger partial charge is 0.337 e. The summed E-state index contributed by atoms with van der Waals surface area (Å²) < 4.78 is 68.7. The summed E-state index contributed by atoms with van der Waals surface area (Å²) in [5.41, 5.74) is -2.74. The largest absolute Gasteiger partial charge is 0.507 e. The van der Waals surface area contributed by atoms with Crippen LogP contribution in [-0.4, -0.2) is 90.8 Å². The van der Waals surface area contributed by atoms with E-state index in [-0.39, 0.29) is 59.4 Å². The number of methoxy groups -OCH3 is 3. The molecule has 0 unspecified atom stereocenters. The van der Waals surface area contributed by atoms with Gasteiger partial charge in [0.25, 0.3) is 22.2 Å². The third-order valence-corrected chi connectivity index (χ3v) is 15.5. The van der Waals surface area contributed by atoms with Gasteiger partial charge in [-0.25, -0.2) is 46.2 Å². The van der Waals surface area contributed by atoms with Crippen molar-refractivity contribution >= 4 is 96.8 Å². The number of anilines is 1. The number of hydrogen-bond acceptors (Lipinski definition) is 13. The maximum Gasteiger partial charge on any atom is 0.337 e. The zero-order valence-electron chi connectivity index (χ0n) is 48.4. The number of rotatable bonds is 15. The Morgan fingerprint density at radius 3 is 1.30 bits per heavy atom. The fraction of sp³-hybridized carbons (Fsp3) is 0.161. The van der Waals surface area contributed by atoms with E-state index in [0.29, 0.717) is 33.5 Å². The highest BCUT2D eigenvalue weighted by Crippen LogP contribution is 2.25. The number of aryl methyl sites for hydroxylation is 1. The van der Waals surface area contributed by atoms with Crippen molar-refractivity contribution in [2.75, 3.05) is 47.8 Å². The van der Waals surface area contributed by atoms with Gasteiger partial charge in [-0.15, -0.1) is 0 Å². The van der Waals surface area contributed by atoms with Crippen LogP contribution in [0.3, 0.4) is 0 Å². The highest BCUT2D eigenvalue weighted by Gasteiger charge is 2.24. The monoisotopic (exact) mass is 1550 g/mol. The van der Waals surface area contributed by atoms with Crippen molar-refractivity contribution in [2.45, 2.75) is 19.6 Å². The molecule has 0 atom stereocenters. The van der Waals surface area contributed by atoms with Crippen LogP contribution in [0.4, 0.5) is 24.8 Å². The van der Waals surface area contributed by atoms with Crippen molar-refractivity contribution in [3.63, 3.8) is 0 Å². The van der Waals surface area contributed by atoms with Gasteiger partial charge in [-0.2, -0.15) is 0 Å². The molecule has 460 valence electrons. The molecule has 0 bridgehead atoms. The molecule has 0 amide bonds. The van der Waals surface area contributed by atoms with E-state index < -0.39 is 62.5 Å². The van der Waals surface area contributed by atoms with Gasteiger partial charge in [-0.1, -0.05) is 36.4 Å². The molecule has 4 aromatic heterocycles. The molecule has 10 rings (SSSR count). The van der Waals surface area contributed by atoms with Crippen LogP contribution in [-0.2, 0) is 26.7 Å². The molecule has 21 nitrogen and oxygen atoms in total. The summed E-state index contributed by atoms with van der Waals surface area (Å²) in [5, 5.41) is 13.0. The topological polar surface area (TPSA) is 230 Å². The molecule has 0 aliphatic rings. The second-order valence-corrected chi connectivity index (χ2v) is 23.3. The van der Waals surface area contributed by atoms with Gasteiger partial charge in [-0.05, 0) is 175 Å². The van der Waals surface area contributed by atoms with Crippen LogP contribution >= 0.6 is 67.8 Å². The maximum absolute atomic E-state index is 14.9. The van der Waals surface area contributed by atoms with Crippen molar-refractivity contribution in [1.29, 1.82) is 0 Å². The third kappa shape index (κ3) is 15.0. The summed E-state index contributed by atoms with van der Waals surface area (Å²) in [6.07, 6.45) is 1.45. The highest BCUT2D eigenvalue weighted by molar-refractivity contribution is 14.1. The lowest BCUT2D eigenvalue weighted by molar-refractivity contribution is 0.414. The van der Waals surface area contributed by atoms with Crippen molar-refractivity contribution in [3.8, 4) is 40.1 Å². The summed E-state index contributed by atoms with van der Waals surface area (Å²) in [4.78, 5) is 96.3. The number of ether oxygens (including phenoxy) is 3. The molecule has 89 heavy (non-hydrogen) atoms. The van der Waals surface area contributed by atoms with E-state index in [1.54, 1.807) is 131 Å². The summed E-state index contributed by atoms with van der Waals surface area (Å²) in [5.74, 6) is -0.226. The molecule has 10 aromatic rings. The molecular weight excluding hydrogens is 1500 g/mol. The molecule has 2 N–H and O–H groups in total. The zero-order chi connectivity index (χ0) is 64.5.